The first-order valence-corrected chi connectivity index (χ1v) is 22.9. The van der Waals surface area contributed by atoms with Crippen LogP contribution >= 0.6 is 0 Å². The third-order valence-corrected chi connectivity index (χ3v) is 20.3. The molecule has 0 saturated carbocycles. The Bertz CT molecular complexity index is 2060. The second-order valence-electron chi connectivity index (χ2n) is 16.2. The largest absolute Gasteiger partial charge is 0.534 e. The van der Waals surface area contributed by atoms with E-state index in [-0.39, 0.29) is 28.4 Å². The zero-order valence-electron chi connectivity index (χ0n) is 33.1. The number of amides is 1. The summed E-state index contributed by atoms with van der Waals surface area (Å²) in [5, 5.41) is 4.04. The Morgan fingerprint density at radius 1 is 0.636 bits per heavy atom. The van der Waals surface area contributed by atoms with Crippen LogP contribution in [-0.4, -0.2) is 45.8 Å². The Morgan fingerprint density at radius 2 is 1.05 bits per heavy atom. The topological polar surface area (TPSA) is 68.2 Å². The Hall–Kier alpha value is -5.32. The van der Waals surface area contributed by atoms with Gasteiger partial charge in [-0.1, -0.05) is 175 Å². The van der Waals surface area contributed by atoms with Gasteiger partial charge in [0.15, 0.2) is 0 Å². The van der Waals surface area contributed by atoms with Crippen molar-refractivity contribution in [2.24, 2.45) is 4.99 Å². The first-order chi connectivity index (χ1) is 26.3. The standard InChI is InChI=1S/C47H52N2O4Si2/c1-36-48-43(35-37-30-32-38(33-31-37)52-54(46(2,3)4,39-21-12-8-13-22-39)40-23-14-9-15-24-40)45(51)49(36)34-20-29-44(50)53-55(47(5,6)7,41-25-16-10-17-26-41)42-27-18-11-19-28-42/h8-19,21-28,30-33,35H,20,29,34H2,1-7H3/b43-35-. The Morgan fingerprint density at radius 3 is 1.47 bits per heavy atom. The molecule has 0 fully saturated rings. The number of carbonyl (C=O) groups excluding carboxylic acids is 2. The van der Waals surface area contributed by atoms with Gasteiger partial charge < -0.3 is 8.85 Å². The Labute approximate surface area is 328 Å². The maximum atomic E-state index is 13.7. The van der Waals surface area contributed by atoms with Crippen molar-refractivity contribution in [3.63, 3.8) is 0 Å². The fourth-order valence-electron chi connectivity index (χ4n) is 7.79. The van der Waals surface area contributed by atoms with E-state index in [0.29, 0.717) is 24.5 Å². The minimum Gasteiger partial charge on any atom is -0.534 e. The molecule has 8 heteroatoms. The van der Waals surface area contributed by atoms with E-state index in [2.05, 4.69) is 119 Å². The van der Waals surface area contributed by atoms with Gasteiger partial charge in [-0.05, 0) is 67.9 Å². The summed E-state index contributed by atoms with van der Waals surface area (Å²) in [6.45, 7) is 15.4. The van der Waals surface area contributed by atoms with E-state index in [1.165, 1.54) is 10.4 Å². The van der Waals surface area contributed by atoms with Crippen LogP contribution < -0.4 is 25.2 Å². The summed E-state index contributed by atoms with van der Waals surface area (Å²) in [5.41, 5.74) is 1.22. The monoisotopic (exact) mass is 764 g/mol. The van der Waals surface area contributed by atoms with Crippen LogP contribution in [-0.2, 0) is 14.0 Å². The number of nitrogens with zero attached hydrogens (tertiary/aromatic N) is 2. The van der Waals surface area contributed by atoms with E-state index in [1.54, 1.807) is 4.90 Å². The highest BCUT2D eigenvalue weighted by Crippen LogP contribution is 2.39. The maximum Gasteiger partial charge on any atom is 0.323 e. The minimum atomic E-state index is -3.01. The number of hydrogen-bond donors (Lipinski definition) is 0. The van der Waals surface area contributed by atoms with E-state index < -0.39 is 16.6 Å². The lowest BCUT2D eigenvalue weighted by Gasteiger charge is -2.43. The molecule has 1 aliphatic rings. The number of carbonyl (C=O) groups is 2. The van der Waals surface area contributed by atoms with Crippen LogP contribution in [0.25, 0.3) is 6.08 Å². The van der Waals surface area contributed by atoms with Crippen LogP contribution in [0.15, 0.2) is 156 Å². The van der Waals surface area contributed by atoms with E-state index in [9.17, 15) is 9.59 Å². The van der Waals surface area contributed by atoms with Gasteiger partial charge in [0.2, 0.25) is 0 Å². The average molecular weight is 765 g/mol. The molecule has 5 aromatic rings. The molecular formula is C47H52N2O4Si2. The highest BCUT2D eigenvalue weighted by molar-refractivity contribution is 7.00. The fraction of sp³-hybridized carbons (Fsp3) is 0.255. The van der Waals surface area contributed by atoms with Crippen molar-refractivity contribution in [3.8, 4) is 5.75 Å². The molecule has 0 N–H and O–H groups in total. The van der Waals surface area contributed by atoms with Crippen molar-refractivity contribution in [3.05, 3.63) is 157 Å². The van der Waals surface area contributed by atoms with Gasteiger partial charge in [-0.15, -0.1) is 0 Å². The van der Waals surface area contributed by atoms with Crippen LogP contribution in [0.1, 0.15) is 66.9 Å². The molecule has 0 spiro atoms. The van der Waals surface area contributed by atoms with Crippen molar-refractivity contribution in [2.45, 2.75) is 71.4 Å². The molecule has 0 saturated heterocycles. The molecule has 0 aromatic heterocycles. The van der Waals surface area contributed by atoms with Gasteiger partial charge in [0.05, 0.1) is 0 Å². The normalized spacial score (nSPS) is 14.5. The van der Waals surface area contributed by atoms with Gasteiger partial charge in [0.25, 0.3) is 11.9 Å². The predicted octanol–water partition coefficient (Wildman–Crippen LogP) is 8.11. The van der Waals surface area contributed by atoms with Crippen LogP contribution in [0.2, 0.25) is 10.1 Å². The van der Waals surface area contributed by atoms with Crippen molar-refractivity contribution >= 4 is 61.2 Å². The van der Waals surface area contributed by atoms with Crippen molar-refractivity contribution in [1.82, 2.24) is 4.90 Å². The number of rotatable bonds is 12. The van der Waals surface area contributed by atoms with E-state index >= 15 is 0 Å². The fourth-order valence-corrected chi connectivity index (χ4v) is 16.6. The Balaban J connectivity index is 1.15. The van der Waals surface area contributed by atoms with Crippen LogP contribution in [0.4, 0.5) is 0 Å². The highest BCUT2D eigenvalue weighted by Gasteiger charge is 2.53. The summed E-state index contributed by atoms with van der Waals surface area (Å²) in [5.74, 6) is 0.959. The molecule has 6 rings (SSSR count). The number of aliphatic imine (C=N–C) groups is 1. The minimum absolute atomic E-state index is 0.166. The molecule has 1 aliphatic heterocycles. The summed E-state index contributed by atoms with van der Waals surface area (Å²) >= 11 is 0. The van der Waals surface area contributed by atoms with Crippen molar-refractivity contribution in [2.75, 3.05) is 6.54 Å². The van der Waals surface area contributed by atoms with Crippen LogP contribution in [0.3, 0.4) is 0 Å². The first-order valence-electron chi connectivity index (χ1n) is 19.1. The molecule has 5 aromatic carbocycles. The number of amidine groups is 1. The summed E-state index contributed by atoms with van der Waals surface area (Å²) < 4.78 is 13.8. The quantitative estimate of drug-likeness (QED) is 0.0952. The molecule has 6 nitrogen and oxygen atoms in total. The molecule has 55 heavy (non-hydrogen) atoms. The molecule has 0 bridgehead atoms. The zero-order chi connectivity index (χ0) is 39.3. The lowest BCUT2D eigenvalue weighted by Crippen LogP contribution is -2.68. The van der Waals surface area contributed by atoms with Gasteiger partial charge in [0, 0.05) is 13.0 Å². The second kappa shape index (κ2) is 16.2. The van der Waals surface area contributed by atoms with Gasteiger partial charge in [-0.3, -0.25) is 14.5 Å². The SMILES string of the molecule is CC1=N/C(=C\c2ccc(O[Si](c3ccccc3)(c3ccccc3)C(C)(C)C)cc2)C(=O)N1CCCC(=O)O[Si](c1ccccc1)(c1ccccc1)C(C)(C)C. The third-order valence-electron chi connectivity index (χ3n) is 10.5. The molecule has 1 amide bonds. The second-order valence-corrected chi connectivity index (χ2v) is 24.7. The molecule has 0 aliphatic carbocycles. The van der Waals surface area contributed by atoms with Crippen LogP contribution in [0, 0.1) is 0 Å². The van der Waals surface area contributed by atoms with Gasteiger partial charge in [-0.25, -0.2) is 4.99 Å². The van der Waals surface area contributed by atoms with Gasteiger partial charge in [0.1, 0.15) is 17.3 Å². The average Bonchev–Trinajstić information content (AvgIpc) is 3.44. The third kappa shape index (κ3) is 8.07. The number of benzene rings is 5. The van der Waals surface area contributed by atoms with Gasteiger partial charge >= 0.3 is 16.6 Å². The molecule has 0 unspecified atom stereocenters. The van der Waals surface area contributed by atoms with Crippen molar-refractivity contribution in [1.29, 1.82) is 0 Å². The van der Waals surface area contributed by atoms with E-state index in [4.69, 9.17) is 8.85 Å². The van der Waals surface area contributed by atoms with E-state index in [1.807, 2.05) is 85.8 Å². The summed E-state index contributed by atoms with van der Waals surface area (Å²) in [4.78, 5) is 33.6. The summed E-state index contributed by atoms with van der Waals surface area (Å²) in [6.07, 6.45) is 2.46. The van der Waals surface area contributed by atoms with E-state index in [0.717, 1.165) is 21.7 Å². The molecule has 1 heterocycles. The summed E-state index contributed by atoms with van der Waals surface area (Å²) in [6, 6.07) is 49.3. The molecule has 0 atom stereocenters. The highest BCUT2D eigenvalue weighted by atomic mass is 28.4. The molecule has 0 radical (unpaired) electrons. The Kier molecular flexibility index (Phi) is 11.6. The number of hydrogen-bond acceptors (Lipinski definition) is 5. The predicted molar refractivity (Wildman–Crippen MR) is 230 cm³/mol. The molecular weight excluding hydrogens is 713 g/mol. The smallest absolute Gasteiger partial charge is 0.323 e. The lowest BCUT2D eigenvalue weighted by molar-refractivity contribution is -0.135. The summed E-state index contributed by atoms with van der Waals surface area (Å²) in [7, 11) is -5.79. The molecule has 282 valence electrons. The van der Waals surface area contributed by atoms with Gasteiger partial charge in [-0.2, -0.15) is 0 Å². The first kappa shape index (κ1) is 39.4. The van der Waals surface area contributed by atoms with Crippen LogP contribution in [0.5, 0.6) is 5.75 Å². The zero-order valence-corrected chi connectivity index (χ0v) is 35.1. The lowest BCUT2D eigenvalue weighted by atomic mass is 10.2. The van der Waals surface area contributed by atoms with Crippen molar-refractivity contribution < 1.29 is 18.4 Å². The maximum absolute atomic E-state index is 13.7.